The number of nitrogens with zero attached hydrogens (tertiary/aromatic N) is 1. The van der Waals surface area contributed by atoms with Crippen molar-refractivity contribution in [1.82, 2.24) is 4.98 Å². The Hall–Kier alpha value is -0.450. The molecule has 0 aromatic carbocycles. The Balaban J connectivity index is 2.95. The maximum atomic E-state index is 10.9. The van der Waals surface area contributed by atoms with E-state index in [2.05, 4.69) is 4.98 Å². The first-order valence-corrected chi connectivity index (χ1v) is 5.63. The molecule has 0 fully saturated rings. The average Bonchev–Trinajstić information content (AvgIpc) is 2.09. The van der Waals surface area contributed by atoms with Crippen molar-refractivity contribution in [3.63, 3.8) is 0 Å². The lowest BCUT2D eigenvalue weighted by Crippen LogP contribution is -2.27. The molecule has 82 valence electrons. The summed E-state index contributed by atoms with van der Waals surface area (Å²) in [4.78, 5) is 14.9. The number of rotatable bonds is 3. The van der Waals surface area contributed by atoms with E-state index in [0.717, 1.165) is 11.8 Å². The number of pyridine rings is 1. The van der Waals surface area contributed by atoms with Gasteiger partial charge in [-0.05, 0) is 19.9 Å². The molecule has 1 rings (SSSR count). The predicted octanol–water partition coefficient (Wildman–Crippen LogP) is 3.34. The normalized spacial score (nSPS) is 11.5. The lowest BCUT2D eigenvalue weighted by Gasteiger charge is -2.18. The second-order valence-electron chi connectivity index (χ2n) is 3.36. The van der Waals surface area contributed by atoms with Crippen LogP contribution in [0.15, 0.2) is 17.3 Å². The van der Waals surface area contributed by atoms with E-state index in [1.54, 1.807) is 13.8 Å². The molecular weight excluding hydrogens is 257 g/mol. The highest BCUT2D eigenvalue weighted by molar-refractivity contribution is 8.01. The summed E-state index contributed by atoms with van der Waals surface area (Å²) in [6.45, 7) is 3.18. The smallest absolute Gasteiger partial charge is 0.319 e. The number of hydrogen-bond acceptors (Lipinski definition) is 3. The quantitative estimate of drug-likeness (QED) is 0.852. The van der Waals surface area contributed by atoms with Crippen molar-refractivity contribution in [2.75, 3.05) is 0 Å². The van der Waals surface area contributed by atoms with Gasteiger partial charge in [-0.1, -0.05) is 35.0 Å². The van der Waals surface area contributed by atoms with Crippen LogP contribution >= 0.6 is 35.0 Å². The molecule has 3 nitrogen and oxygen atoms in total. The number of thioether (sulfide) groups is 1. The molecule has 0 unspecified atom stereocenters. The zero-order valence-electron chi connectivity index (χ0n) is 8.12. The zero-order valence-corrected chi connectivity index (χ0v) is 10.4. The van der Waals surface area contributed by atoms with Crippen molar-refractivity contribution in [3.8, 4) is 0 Å². The third kappa shape index (κ3) is 3.26. The molecule has 6 heteroatoms. The van der Waals surface area contributed by atoms with Crippen molar-refractivity contribution in [2.45, 2.75) is 23.6 Å². The maximum Gasteiger partial charge on any atom is 0.319 e. The molecule has 1 N–H and O–H groups in total. The number of hydrogen-bond donors (Lipinski definition) is 1. The topological polar surface area (TPSA) is 50.2 Å². The average molecular weight is 266 g/mol. The summed E-state index contributed by atoms with van der Waals surface area (Å²) in [5, 5.41) is 10.2. The maximum absolute atomic E-state index is 10.9. The highest BCUT2D eigenvalue weighted by Gasteiger charge is 2.29. The number of carboxylic acid groups (broad SMARTS) is 1. The summed E-state index contributed by atoms with van der Waals surface area (Å²) in [7, 11) is 0. The first-order chi connectivity index (χ1) is 6.83. The van der Waals surface area contributed by atoms with Crippen LogP contribution in [0.3, 0.4) is 0 Å². The molecule has 0 saturated carbocycles. The predicted molar refractivity (Wildman–Crippen MR) is 61.8 cm³/mol. The molecule has 0 aliphatic carbocycles. The summed E-state index contributed by atoms with van der Waals surface area (Å²) in [6, 6.07) is 1.54. The zero-order chi connectivity index (χ0) is 11.6. The highest BCUT2D eigenvalue weighted by atomic mass is 35.5. The lowest BCUT2D eigenvalue weighted by molar-refractivity contribution is -0.138. The van der Waals surface area contributed by atoms with Crippen LogP contribution in [0.1, 0.15) is 13.8 Å². The lowest BCUT2D eigenvalue weighted by atomic mass is 10.2. The number of aromatic nitrogens is 1. The summed E-state index contributed by atoms with van der Waals surface area (Å²) in [5.74, 6) is -0.916. The fourth-order valence-electron chi connectivity index (χ4n) is 0.762. The van der Waals surface area contributed by atoms with E-state index in [1.807, 2.05) is 0 Å². The van der Waals surface area contributed by atoms with Crippen molar-refractivity contribution in [2.24, 2.45) is 0 Å². The molecule has 0 amide bonds. The standard InChI is InChI=1S/C9H9Cl2NO2S/c1-9(2,8(13)14)15-7-6(11)3-5(10)4-12-7/h3-4H,1-2H3,(H,13,14). The third-order valence-corrected chi connectivity index (χ3v) is 3.45. The van der Waals surface area contributed by atoms with Gasteiger partial charge in [-0.3, -0.25) is 4.79 Å². The second kappa shape index (κ2) is 4.60. The number of carbonyl (C=O) groups is 1. The van der Waals surface area contributed by atoms with Gasteiger partial charge in [-0.2, -0.15) is 0 Å². The van der Waals surface area contributed by atoms with E-state index in [4.69, 9.17) is 28.3 Å². The molecule has 1 aromatic heterocycles. The minimum Gasteiger partial charge on any atom is -0.480 e. The molecule has 1 aromatic rings. The monoisotopic (exact) mass is 265 g/mol. The van der Waals surface area contributed by atoms with E-state index < -0.39 is 10.7 Å². The Labute approximate surface area is 102 Å². The van der Waals surface area contributed by atoms with Gasteiger partial charge in [0.25, 0.3) is 0 Å². The summed E-state index contributed by atoms with van der Waals surface area (Å²) >= 11 is 12.6. The number of aliphatic carboxylic acids is 1. The van der Waals surface area contributed by atoms with Crippen LogP contribution in [-0.2, 0) is 4.79 Å². The SMILES string of the molecule is CC(C)(Sc1ncc(Cl)cc1Cl)C(=O)O. The van der Waals surface area contributed by atoms with Crippen LogP contribution in [0.4, 0.5) is 0 Å². The van der Waals surface area contributed by atoms with Crippen LogP contribution in [0.2, 0.25) is 10.0 Å². The minimum absolute atomic E-state index is 0.363. The molecule has 0 bridgehead atoms. The Kier molecular flexibility index (Phi) is 3.87. The van der Waals surface area contributed by atoms with Crippen molar-refractivity contribution in [1.29, 1.82) is 0 Å². The van der Waals surface area contributed by atoms with Gasteiger partial charge in [0.15, 0.2) is 0 Å². The van der Waals surface area contributed by atoms with Crippen LogP contribution in [0, 0.1) is 0 Å². The molecule has 0 saturated heterocycles. The molecular formula is C9H9Cl2NO2S. The highest BCUT2D eigenvalue weighted by Crippen LogP contribution is 2.36. The molecule has 15 heavy (non-hydrogen) atoms. The summed E-state index contributed by atoms with van der Waals surface area (Å²) in [5.41, 5.74) is 0. The van der Waals surface area contributed by atoms with Gasteiger partial charge >= 0.3 is 5.97 Å². The Bertz CT molecular complexity index is 396. The number of carboxylic acids is 1. The van der Waals surface area contributed by atoms with Crippen LogP contribution < -0.4 is 0 Å². The van der Waals surface area contributed by atoms with Crippen LogP contribution in [-0.4, -0.2) is 20.8 Å². The van der Waals surface area contributed by atoms with E-state index in [9.17, 15) is 4.79 Å². The Morgan fingerprint density at radius 3 is 2.60 bits per heavy atom. The molecule has 0 aliphatic heterocycles. The minimum atomic E-state index is -0.968. The first kappa shape index (κ1) is 12.6. The van der Waals surface area contributed by atoms with Gasteiger partial charge in [0, 0.05) is 6.20 Å². The summed E-state index contributed by atoms with van der Waals surface area (Å²) < 4.78 is -0.968. The molecule has 0 atom stereocenters. The van der Waals surface area contributed by atoms with Gasteiger partial charge < -0.3 is 5.11 Å². The van der Waals surface area contributed by atoms with Crippen molar-refractivity contribution < 1.29 is 9.90 Å². The van der Waals surface area contributed by atoms with Gasteiger partial charge in [-0.25, -0.2) is 4.98 Å². The van der Waals surface area contributed by atoms with Crippen molar-refractivity contribution >= 4 is 40.9 Å². The Morgan fingerprint density at radius 1 is 1.53 bits per heavy atom. The number of halogens is 2. The van der Waals surface area contributed by atoms with Gasteiger partial charge in [-0.15, -0.1) is 0 Å². The van der Waals surface area contributed by atoms with E-state index in [0.29, 0.717) is 15.1 Å². The second-order valence-corrected chi connectivity index (χ2v) is 5.81. The van der Waals surface area contributed by atoms with E-state index in [-0.39, 0.29) is 0 Å². The third-order valence-electron chi connectivity index (χ3n) is 1.64. The van der Waals surface area contributed by atoms with Crippen molar-refractivity contribution in [3.05, 3.63) is 22.3 Å². The van der Waals surface area contributed by atoms with Gasteiger partial charge in [0.2, 0.25) is 0 Å². The first-order valence-electron chi connectivity index (χ1n) is 4.06. The van der Waals surface area contributed by atoms with Crippen LogP contribution in [0.25, 0.3) is 0 Å². The van der Waals surface area contributed by atoms with Crippen LogP contribution in [0.5, 0.6) is 0 Å². The fourth-order valence-corrected chi connectivity index (χ4v) is 2.09. The molecule has 1 heterocycles. The van der Waals surface area contributed by atoms with Gasteiger partial charge in [0.1, 0.15) is 9.77 Å². The van der Waals surface area contributed by atoms with E-state index in [1.165, 1.54) is 12.3 Å². The molecule has 0 spiro atoms. The largest absolute Gasteiger partial charge is 0.480 e. The Morgan fingerprint density at radius 2 is 2.13 bits per heavy atom. The van der Waals surface area contributed by atoms with E-state index >= 15 is 0 Å². The fraction of sp³-hybridized carbons (Fsp3) is 0.333. The molecule has 0 aliphatic rings. The summed E-state index contributed by atoms with van der Waals surface area (Å²) in [6.07, 6.45) is 1.44. The molecule has 0 radical (unpaired) electrons. The van der Waals surface area contributed by atoms with Gasteiger partial charge in [0.05, 0.1) is 10.0 Å².